The number of ether oxygens (including phenoxy) is 2. The van der Waals surface area contributed by atoms with E-state index in [4.69, 9.17) is 15.2 Å². The van der Waals surface area contributed by atoms with E-state index < -0.39 is 11.2 Å². The second-order valence-electron chi connectivity index (χ2n) is 24.0. The van der Waals surface area contributed by atoms with Gasteiger partial charge < -0.3 is 45.0 Å². The number of amides is 2. The third-order valence-corrected chi connectivity index (χ3v) is 15.3. The van der Waals surface area contributed by atoms with E-state index in [1.165, 1.54) is 83.7 Å². The minimum atomic E-state index is -0.420. The number of piperidine rings is 3. The van der Waals surface area contributed by atoms with Crippen LogP contribution in [0.5, 0.6) is 0 Å². The predicted molar refractivity (Wildman–Crippen MR) is 408 cm³/mol. The van der Waals surface area contributed by atoms with Crippen LogP contribution in [0.3, 0.4) is 0 Å². The van der Waals surface area contributed by atoms with E-state index in [2.05, 4.69) is 248 Å². The maximum atomic E-state index is 11.9. The first-order valence-electron chi connectivity index (χ1n) is 29.0. The van der Waals surface area contributed by atoms with Crippen molar-refractivity contribution in [3.8, 4) is 0 Å². The van der Waals surface area contributed by atoms with Crippen molar-refractivity contribution in [2.45, 2.75) is 284 Å². The van der Waals surface area contributed by atoms with Crippen molar-refractivity contribution >= 4 is 178 Å². The number of likely N-dealkylation sites (tertiary alicyclic amines) is 2. The number of carbonyl (C=O) groups excluding carboxylic acids is 3. The van der Waals surface area contributed by atoms with Crippen molar-refractivity contribution in [3.63, 3.8) is 0 Å². The van der Waals surface area contributed by atoms with Gasteiger partial charge in [0.1, 0.15) is 17.0 Å². The number of carbonyl (C=O) groups is 3. The van der Waals surface area contributed by atoms with Gasteiger partial charge in [0.25, 0.3) is 0 Å². The molecule has 22 heteroatoms. The molecule has 0 spiro atoms. The number of rotatable bonds is 5. The van der Waals surface area contributed by atoms with Gasteiger partial charge >= 0.3 is 177 Å². The van der Waals surface area contributed by atoms with E-state index in [9.17, 15) is 14.4 Å². The zero-order chi connectivity index (χ0) is 61.8. The molecule has 3 aliphatic carbocycles. The molecule has 485 valence electrons. The fraction of sp³-hybridized carbons (Fsp3) is 0.914. The van der Waals surface area contributed by atoms with Crippen LogP contribution < -0.4 is 34.9 Å². The summed E-state index contributed by atoms with van der Waals surface area (Å²) in [5.41, 5.74) is 6.01. The van der Waals surface area contributed by atoms with Gasteiger partial charge in [0, 0.05) is 72.1 Å². The third kappa shape index (κ3) is 57.7. The molecule has 0 aromatic rings. The Labute approximate surface area is 605 Å². The van der Waals surface area contributed by atoms with Crippen LogP contribution in [0.15, 0.2) is 0 Å². The third-order valence-electron chi connectivity index (χ3n) is 14.4. The molecule has 6 fully saturated rings. The van der Waals surface area contributed by atoms with Gasteiger partial charge in [-0.25, -0.2) is 9.59 Å². The molecule has 6 aliphatic rings. The van der Waals surface area contributed by atoms with E-state index >= 15 is 0 Å². The van der Waals surface area contributed by atoms with Crippen LogP contribution in [-0.4, -0.2) is 111 Å². The van der Waals surface area contributed by atoms with E-state index in [-0.39, 0.29) is 36.6 Å². The second kappa shape index (κ2) is 57.5. The van der Waals surface area contributed by atoms with Crippen LogP contribution in [0.1, 0.15) is 240 Å². The summed E-state index contributed by atoms with van der Waals surface area (Å²) in [6.07, 6.45) is 23.0. The van der Waals surface area contributed by atoms with Crippen molar-refractivity contribution in [3.05, 3.63) is 13.8 Å². The van der Waals surface area contributed by atoms with Gasteiger partial charge in [-0.1, -0.05) is 71.6 Å². The molecule has 1 atom stereocenters. The summed E-state index contributed by atoms with van der Waals surface area (Å²) in [5, 5.41) is 9.15. The standard InChI is InChI=1S/C18H34N2O2.C13H26N2.C10H20N2O2.C7H12O.C4H9I.C3H7.C2H5.CH4.I3.5HI.2V/c1-14-6-10-18(5,11-7-14)20-12-8-15(9-13-20)19-16(21)22-17(2,3)4;1-11-3-7-13(2,8-4-11)15-9-5-12(14)6-10-15;1-10(2,3)14-9(13)12-8-4-6-11-7-5-8;1-6-2-4-7(8)5-3-6;1-3-4(2)5;1-3-2;1-2;;1-3-2;;;;;;;/h14-15H,6-13H2,1-5H3,(H,19,21);11-12H,3-10,14H2,1-2H3;8,11H,4-7H2,1-3H3,(H,12,13);6H,2-5H2,1H3;4H,3H2,1-2H3;1,3H2,2H3;1H2,2H3;1H4;;5*1H;;/q;;;;;2*-1;;-1;;;;;;+2;+3/p-5. The summed E-state index contributed by atoms with van der Waals surface area (Å²) in [6.45, 7) is 44.7. The van der Waals surface area contributed by atoms with Gasteiger partial charge in [0.2, 0.25) is 0 Å². The number of nitrogens with two attached hydrogens (primary N) is 1. The first-order valence-corrected chi connectivity index (χ1v) is 65.3. The van der Waals surface area contributed by atoms with Crippen LogP contribution in [-0.2, 0) is 28.7 Å². The molecule has 3 saturated heterocycles. The van der Waals surface area contributed by atoms with Crippen molar-refractivity contribution < 1.29 is 51.5 Å². The van der Waals surface area contributed by atoms with Crippen LogP contribution in [0.25, 0.3) is 0 Å². The number of ketones is 1. The molecule has 11 nitrogen and oxygen atoms in total. The minimum absolute atomic E-state index is 0. The quantitative estimate of drug-likeness (QED) is 0.120. The van der Waals surface area contributed by atoms with Crippen molar-refractivity contribution in [2.75, 3.05) is 39.3 Å². The number of alkyl halides is 1. The molecule has 80 heavy (non-hydrogen) atoms. The molecular formula is C58H117I9N6O5V2-3. The normalized spacial score (nSPS) is 24.2. The number of alkyl carbamates (subject to hydrolysis) is 2. The summed E-state index contributed by atoms with van der Waals surface area (Å²) in [5.74, 6) is 3.10. The number of halogens is 9. The van der Waals surface area contributed by atoms with Crippen molar-refractivity contribution in [1.82, 2.24) is 25.8 Å². The summed E-state index contributed by atoms with van der Waals surface area (Å²) in [4.78, 5) is 38.9. The molecule has 0 bridgehead atoms. The summed E-state index contributed by atoms with van der Waals surface area (Å²) in [6, 6.07) is 0.996. The molecular weight excluding hydrogens is 2100 g/mol. The number of nitrogens with one attached hydrogen (secondary N) is 3. The molecule has 1 unspecified atom stereocenters. The van der Waals surface area contributed by atoms with E-state index in [0.717, 1.165) is 106 Å². The number of hydrogen-bond donors (Lipinski definition) is 4. The first kappa shape index (κ1) is 94.5. The zero-order valence-corrected chi connectivity index (χ0v) is 73.9. The van der Waals surface area contributed by atoms with Crippen LogP contribution in [0.2, 0.25) is 0 Å². The van der Waals surface area contributed by atoms with Gasteiger partial charge in [0.05, 0.1) is 0 Å². The maximum absolute atomic E-state index is 11.9. The Morgan fingerprint density at radius 2 is 0.975 bits per heavy atom. The van der Waals surface area contributed by atoms with E-state index in [1.807, 2.05) is 48.5 Å². The van der Waals surface area contributed by atoms with Crippen molar-refractivity contribution in [2.24, 2.45) is 23.5 Å². The Morgan fingerprint density at radius 1 is 0.713 bits per heavy atom. The van der Waals surface area contributed by atoms with E-state index in [0.29, 0.717) is 45.6 Å². The Morgan fingerprint density at radius 3 is 1.24 bits per heavy atom. The molecule has 0 aromatic carbocycles. The molecule has 0 aromatic heterocycles. The topological polar surface area (TPSA) is 138 Å². The molecule has 3 aliphatic heterocycles. The monoisotopic (exact) mass is 2220 g/mol. The van der Waals surface area contributed by atoms with Gasteiger partial charge in [0.15, 0.2) is 0 Å². The van der Waals surface area contributed by atoms with Gasteiger partial charge in [-0.3, -0.25) is 14.6 Å². The molecule has 6 rings (SSSR count). The Balaban J connectivity index is -0.000000287. The van der Waals surface area contributed by atoms with Gasteiger partial charge in [-0.05, 0) is 195 Å². The average Bonchev–Trinajstić information content (AvgIpc) is 3.36. The fourth-order valence-electron chi connectivity index (χ4n) is 9.40. The van der Waals surface area contributed by atoms with Gasteiger partial charge in [-0.15, -0.1) is 0 Å². The predicted octanol–water partition coefficient (Wildman–Crippen LogP) is 17.5. The first-order chi connectivity index (χ1) is 36.8. The van der Waals surface area contributed by atoms with Crippen LogP contribution in [0, 0.1) is 31.6 Å². The Kier molecular flexibility index (Phi) is 67.9. The van der Waals surface area contributed by atoms with Crippen molar-refractivity contribution in [1.29, 1.82) is 0 Å². The summed E-state index contributed by atoms with van der Waals surface area (Å²) in [7, 11) is 0.628. The fourth-order valence-corrected chi connectivity index (χ4v) is 9.40. The SMILES string of the molecule is C.CC(C)(C)OC(=O)NC1CCNCC1.CC1CCC(=O)CC1.CC1CCC(C)(N2CCC(N)CC2)CC1.CC1CCC(C)(N2CCC(NC(=O)OC(C)(C)C)CC2)CC1.CCC(C)I.I[I-]I.[CH2-]C.[CH2-]CC.[I][V]([I])[I].[I][V][I]. The molecule has 0 radical (unpaired) electrons. The number of nitrogens with zero attached hydrogens (tertiary/aromatic N) is 2. The Bertz CT molecular complexity index is 1420. The number of Topliss-reactive ketones (excluding diaryl/α,β-unsaturated/α-hetero) is 1. The average molecular weight is 2220 g/mol. The van der Waals surface area contributed by atoms with Crippen LogP contribution >= 0.6 is 160 Å². The molecule has 3 heterocycles. The summed E-state index contributed by atoms with van der Waals surface area (Å²) >= 11 is 19.8. The zero-order valence-electron chi connectivity index (χ0n) is 51.6. The molecule has 5 N–H and O–H groups in total. The van der Waals surface area contributed by atoms with Crippen LogP contribution in [0.4, 0.5) is 9.59 Å². The Hall–Kier alpha value is 5.79. The van der Waals surface area contributed by atoms with Gasteiger partial charge in [-0.2, -0.15) is 13.3 Å². The molecule has 3 saturated carbocycles. The van der Waals surface area contributed by atoms with E-state index in [1.54, 1.807) is 6.92 Å². The summed E-state index contributed by atoms with van der Waals surface area (Å²) < 4.78 is 11.4. The molecule has 2 amide bonds. The number of hydrogen-bond acceptors (Lipinski definition) is 9. The second-order valence-corrected chi connectivity index (χ2v) is 89.5.